The van der Waals surface area contributed by atoms with E-state index in [4.69, 9.17) is 11.6 Å². The predicted octanol–water partition coefficient (Wildman–Crippen LogP) is 5.04. The maximum absolute atomic E-state index is 13.9. The number of carbonyl (C=O) groups excluding carboxylic acids is 2. The zero-order chi connectivity index (χ0) is 19.0. The Morgan fingerprint density at radius 2 is 1.88 bits per heavy atom. The minimum absolute atomic E-state index is 0.106. The van der Waals surface area contributed by atoms with Crippen molar-refractivity contribution in [3.63, 3.8) is 0 Å². The van der Waals surface area contributed by atoms with Crippen LogP contribution >= 0.6 is 23.4 Å². The van der Waals surface area contributed by atoms with Crippen molar-refractivity contribution in [1.82, 2.24) is 4.90 Å². The van der Waals surface area contributed by atoms with Gasteiger partial charge in [-0.15, -0.1) is 0 Å². The Morgan fingerprint density at radius 1 is 1.23 bits per heavy atom. The molecule has 0 radical (unpaired) electrons. The molecule has 0 spiro atoms. The normalized spacial score (nSPS) is 16.0. The molecule has 1 heterocycles. The van der Waals surface area contributed by atoms with Crippen LogP contribution in [0.15, 0.2) is 35.2 Å². The maximum Gasteiger partial charge on any atom is 0.293 e. The Hall–Kier alpha value is -2.31. The van der Waals surface area contributed by atoms with Gasteiger partial charge in [0, 0.05) is 10.6 Å². The topological polar surface area (TPSA) is 57.6 Å². The van der Waals surface area contributed by atoms with Gasteiger partial charge in [-0.3, -0.25) is 14.5 Å². The first-order valence-electron chi connectivity index (χ1n) is 7.76. The third kappa shape index (κ3) is 3.48. The van der Waals surface area contributed by atoms with Gasteiger partial charge in [0.1, 0.15) is 11.6 Å². The summed E-state index contributed by atoms with van der Waals surface area (Å²) in [4.78, 5) is 26.0. The zero-order valence-electron chi connectivity index (χ0n) is 14.0. The molecule has 1 aliphatic rings. The number of imide groups is 1. The van der Waals surface area contributed by atoms with Crippen LogP contribution in [0, 0.1) is 19.7 Å². The lowest BCUT2D eigenvalue weighted by Crippen LogP contribution is -2.28. The zero-order valence-corrected chi connectivity index (χ0v) is 15.6. The molecule has 26 heavy (non-hydrogen) atoms. The van der Waals surface area contributed by atoms with Gasteiger partial charge >= 0.3 is 0 Å². The summed E-state index contributed by atoms with van der Waals surface area (Å²) in [5, 5.41) is 9.53. The van der Waals surface area contributed by atoms with Crippen LogP contribution in [0.1, 0.15) is 22.3 Å². The summed E-state index contributed by atoms with van der Waals surface area (Å²) in [5.41, 5.74) is 2.16. The van der Waals surface area contributed by atoms with E-state index in [9.17, 15) is 19.1 Å². The van der Waals surface area contributed by atoms with Crippen molar-refractivity contribution in [2.24, 2.45) is 0 Å². The molecule has 1 N–H and O–H groups in total. The number of amides is 2. The third-order valence-corrected chi connectivity index (χ3v) is 5.32. The summed E-state index contributed by atoms with van der Waals surface area (Å²) in [6, 6.07) is 7.66. The van der Waals surface area contributed by atoms with Crippen molar-refractivity contribution in [3.05, 3.63) is 68.3 Å². The van der Waals surface area contributed by atoms with E-state index < -0.39 is 17.0 Å². The van der Waals surface area contributed by atoms with Crippen LogP contribution in [0.5, 0.6) is 5.75 Å². The number of halogens is 2. The van der Waals surface area contributed by atoms with Gasteiger partial charge in [-0.1, -0.05) is 17.7 Å². The second-order valence-electron chi connectivity index (χ2n) is 5.97. The first kappa shape index (κ1) is 18.5. The van der Waals surface area contributed by atoms with Crippen LogP contribution in [-0.2, 0) is 11.3 Å². The van der Waals surface area contributed by atoms with Crippen LogP contribution < -0.4 is 0 Å². The lowest BCUT2D eigenvalue weighted by atomic mass is 10.1. The molecule has 7 heteroatoms. The van der Waals surface area contributed by atoms with E-state index in [0.29, 0.717) is 16.7 Å². The van der Waals surface area contributed by atoms with E-state index in [0.717, 1.165) is 16.7 Å². The summed E-state index contributed by atoms with van der Waals surface area (Å²) in [7, 11) is 0. The van der Waals surface area contributed by atoms with Crippen molar-refractivity contribution in [2.45, 2.75) is 20.4 Å². The molecule has 0 saturated carbocycles. The fourth-order valence-electron chi connectivity index (χ4n) is 2.70. The summed E-state index contributed by atoms with van der Waals surface area (Å²) >= 11 is 6.78. The van der Waals surface area contributed by atoms with Crippen LogP contribution in [0.3, 0.4) is 0 Å². The van der Waals surface area contributed by atoms with Gasteiger partial charge < -0.3 is 5.11 Å². The van der Waals surface area contributed by atoms with Gasteiger partial charge in [0.15, 0.2) is 0 Å². The Kier molecular flexibility index (Phi) is 5.07. The highest BCUT2D eigenvalue weighted by Crippen LogP contribution is 2.35. The molecular formula is C19H15ClFNO3S. The molecule has 1 fully saturated rings. The number of aromatic hydroxyl groups is 1. The average Bonchev–Trinajstić information content (AvgIpc) is 2.83. The van der Waals surface area contributed by atoms with Crippen molar-refractivity contribution < 1.29 is 19.1 Å². The Morgan fingerprint density at radius 3 is 2.50 bits per heavy atom. The molecule has 2 aromatic rings. The highest BCUT2D eigenvalue weighted by Gasteiger charge is 2.35. The Bertz CT molecular complexity index is 915. The van der Waals surface area contributed by atoms with Gasteiger partial charge in [0.25, 0.3) is 11.1 Å². The van der Waals surface area contributed by atoms with Crippen molar-refractivity contribution in [3.8, 4) is 5.75 Å². The molecule has 3 rings (SSSR count). The lowest BCUT2D eigenvalue weighted by molar-refractivity contribution is -0.123. The molecule has 0 atom stereocenters. The first-order valence-corrected chi connectivity index (χ1v) is 8.96. The number of hydrogen-bond donors (Lipinski definition) is 1. The monoisotopic (exact) mass is 391 g/mol. The van der Waals surface area contributed by atoms with Gasteiger partial charge in [-0.25, -0.2) is 4.39 Å². The minimum Gasteiger partial charge on any atom is -0.507 e. The van der Waals surface area contributed by atoms with Gasteiger partial charge in [-0.05, 0) is 72.6 Å². The van der Waals surface area contributed by atoms with Crippen molar-refractivity contribution in [2.75, 3.05) is 0 Å². The number of aryl methyl sites for hydroxylation is 2. The predicted molar refractivity (Wildman–Crippen MR) is 101 cm³/mol. The van der Waals surface area contributed by atoms with E-state index in [2.05, 4.69) is 0 Å². The van der Waals surface area contributed by atoms with E-state index in [1.54, 1.807) is 32.1 Å². The number of hydrogen-bond acceptors (Lipinski definition) is 4. The number of phenols is 1. The molecule has 0 bridgehead atoms. The summed E-state index contributed by atoms with van der Waals surface area (Å²) in [5.74, 6) is -0.863. The fourth-order valence-corrected chi connectivity index (χ4v) is 3.76. The summed E-state index contributed by atoms with van der Waals surface area (Å²) in [6.07, 6.45) is 1.59. The quantitative estimate of drug-likeness (QED) is 0.745. The van der Waals surface area contributed by atoms with E-state index in [1.807, 2.05) is 0 Å². The van der Waals surface area contributed by atoms with Crippen LogP contribution in [0.25, 0.3) is 6.08 Å². The van der Waals surface area contributed by atoms with E-state index in [1.165, 1.54) is 18.2 Å². The largest absolute Gasteiger partial charge is 0.507 e. The van der Waals surface area contributed by atoms with Crippen LogP contribution in [0.4, 0.5) is 9.18 Å². The van der Waals surface area contributed by atoms with Gasteiger partial charge in [0.2, 0.25) is 0 Å². The minimum atomic E-state index is -0.565. The molecule has 1 saturated heterocycles. The number of phenolic OH excluding ortho intramolecular Hbond substituents is 1. The molecule has 2 aromatic carbocycles. The number of nitrogens with zero attached hydrogens (tertiary/aromatic N) is 1. The number of rotatable bonds is 3. The average molecular weight is 392 g/mol. The van der Waals surface area contributed by atoms with Gasteiger partial charge in [0.05, 0.1) is 11.4 Å². The molecule has 134 valence electrons. The van der Waals surface area contributed by atoms with E-state index >= 15 is 0 Å². The number of benzene rings is 2. The SMILES string of the molecule is Cc1cc(/C=C2\SC(=O)N(Cc3c(F)cccc3Cl)C2=O)cc(C)c1O. The molecule has 4 nitrogen and oxygen atoms in total. The fraction of sp³-hybridized carbons (Fsp3) is 0.158. The van der Waals surface area contributed by atoms with Gasteiger partial charge in [-0.2, -0.15) is 0 Å². The molecule has 0 aliphatic carbocycles. The Labute approximate surface area is 159 Å². The summed E-state index contributed by atoms with van der Waals surface area (Å²) < 4.78 is 13.9. The van der Waals surface area contributed by atoms with E-state index in [-0.39, 0.29) is 27.8 Å². The van der Waals surface area contributed by atoms with Crippen molar-refractivity contribution in [1.29, 1.82) is 0 Å². The molecule has 0 unspecified atom stereocenters. The van der Waals surface area contributed by atoms with Crippen molar-refractivity contribution >= 4 is 40.6 Å². The maximum atomic E-state index is 13.9. The molecule has 0 aromatic heterocycles. The molecule has 2 amide bonds. The summed E-state index contributed by atoms with van der Waals surface area (Å²) in [6.45, 7) is 3.29. The Balaban J connectivity index is 1.90. The molecule has 1 aliphatic heterocycles. The third-order valence-electron chi connectivity index (χ3n) is 4.06. The highest BCUT2D eigenvalue weighted by molar-refractivity contribution is 8.18. The smallest absolute Gasteiger partial charge is 0.293 e. The number of thioether (sulfide) groups is 1. The second kappa shape index (κ2) is 7.13. The number of carbonyl (C=O) groups is 2. The van der Waals surface area contributed by atoms with Crippen LogP contribution in [-0.4, -0.2) is 21.2 Å². The second-order valence-corrected chi connectivity index (χ2v) is 7.37. The van der Waals surface area contributed by atoms with Crippen LogP contribution in [0.2, 0.25) is 5.02 Å². The molecular weight excluding hydrogens is 377 g/mol. The lowest BCUT2D eigenvalue weighted by Gasteiger charge is -2.14. The standard InChI is InChI=1S/C19H15ClFNO3S/c1-10-6-12(7-11(2)17(10)23)8-16-18(24)22(19(25)26-16)9-13-14(20)4-3-5-15(13)21/h3-8,23H,9H2,1-2H3/b16-8-. The highest BCUT2D eigenvalue weighted by atomic mass is 35.5. The first-order chi connectivity index (χ1) is 12.3.